The van der Waals surface area contributed by atoms with E-state index in [-0.39, 0.29) is 5.66 Å². The molecule has 1 rings (SSSR count). The molecule has 13 heavy (non-hydrogen) atoms. The van der Waals surface area contributed by atoms with E-state index in [1.165, 1.54) is 0 Å². The van der Waals surface area contributed by atoms with Crippen LogP contribution in [0.25, 0.3) is 0 Å². The van der Waals surface area contributed by atoms with Crippen molar-refractivity contribution in [3.05, 3.63) is 0 Å². The Hall–Kier alpha value is -0.340. The molecule has 0 spiro atoms. The van der Waals surface area contributed by atoms with Gasteiger partial charge in [0.05, 0.1) is 7.14 Å². The zero-order valence-corrected chi connectivity index (χ0v) is 8.88. The van der Waals surface area contributed by atoms with Crippen LogP contribution < -0.4 is 5.32 Å². The topological polar surface area (TPSA) is 66.4 Å². The molecule has 0 amide bonds. The van der Waals surface area contributed by atoms with Crippen molar-refractivity contribution >= 4 is 13.1 Å². The number of rotatable bonds is 2. The highest BCUT2D eigenvalue weighted by Crippen LogP contribution is 2.47. The number of nitrogens with one attached hydrogen (secondary N) is 1. The molecule has 4 nitrogen and oxygen atoms in total. The van der Waals surface area contributed by atoms with Crippen LogP contribution in [0.4, 0.5) is 0 Å². The van der Waals surface area contributed by atoms with Crippen molar-refractivity contribution in [2.75, 3.05) is 19.9 Å². The Balaban J connectivity index is 2.62. The Labute approximate surface area is 78.1 Å². The van der Waals surface area contributed by atoms with Crippen molar-refractivity contribution in [2.45, 2.75) is 24.5 Å². The summed E-state index contributed by atoms with van der Waals surface area (Å²) in [6.45, 7) is 4.14. The van der Waals surface area contributed by atoms with Crippen molar-refractivity contribution in [1.82, 2.24) is 5.32 Å². The standard InChI is InChI=1S/C8H16NO3P/c1-13(2,12)6-3-4-9-7(5-6)8(10)11/h6-7,9H,3-5H2,1-2H3,(H,10,11)/t6-,7+/m1/s1. The van der Waals surface area contributed by atoms with Crippen LogP contribution in [0, 0.1) is 0 Å². The van der Waals surface area contributed by atoms with E-state index in [9.17, 15) is 9.36 Å². The zero-order valence-electron chi connectivity index (χ0n) is 7.99. The lowest BCUT2D eigenvalue weighted by molar-refractivity contribution is -0.140. The van der Waals surface area contributed by atoms with E-state index in [0.717, 1.165) is 6.42 Å². The van der Waals surface area contributed by atoms with E-state index in [1.807, 2.05) is 0 Å². The molecule has 0 bridgehead atoms. The number of aliphatic carboxylic acids is 1. The van der Waals surface area contributed by atoms with Gasteiger partial charge in [0, 0.05) is 5.66 Å². The fourth-order valence-corrected chi connectivity index (χ4v) is 3.12. The Kier molecular flexibility index (Phi) is 3.14. The van der Waals surface area contributed by atoms with Gasteiger partial charge in [-0.2, -0.15) is 0 Å². The third-order valence-corrected chi connectivity index (χ3v) is 4.78. The van der Waals surface area contributed by atoms with E-state index < -0.39 is 19.2 Å². The number of hydrogen-bond donors (Lipinski definition) is 2. The lowest BCUT2D eigenvalue weighted by atomic mass is 10.0. The van der Waals surface area contributed by atoms with Gasteiger partial charge in [0.2, 0.25) is 0 Å². The first-order valence-electron chi connectivity index (χ1n) is 4.42. The number of hydrogen-bond acceptors (Lipinski definition) is 3. The summed E-state index contributed by atoms with van der Waals surface area (Å²) < 4.78 is 11.7. The Morgan fingerprint density at radius 3 is 2.62 bits per heavy atom. The molecule has 2 N–H and O–H groups in total. The van der Waals surface area contributed by atoms with Crippen LogP contribution in [0.2, 0.25) is 0 Å². The van der Waals surface area contributed by atoms with Crippen LogP contribution in [0.5, 0.6) is 0 Å². The average molecular weight is 205 g/mol. The maximum Gasteiger partial charge on any atom is 0.320 e. The fourth-order valence-electron chi connectivity index (χ4n) is 1.65. The fraction of sp³-hybridized carbons (Fsp3) is 0.875. The van der Waals surface area contributed by atoms with Crippen molar-refractivity contribution in [3.8, 4) is 0 Å². The van der Waals surface area contributed by atoms with E-state index in [0.29, 0.717) is 13.0 Å². The molecule has 0 aliphatic carbocycles. The van der Waals surface area contributed by atoms with Crippen LogP contribution in [0.3, 0.4) is 0 Å². The first-order chi connectivity index (χ1) is 5.91. The molecule has 2 atom stereocenters. The van der Waals surface area contributed by atoms with Crippen molar-refractivity contribution < 1.29 is 14.5 Å². The highest BCUT2D eigenvalue weighted by molar-refractivity contribution is 7.63. The minimum Gasteiger partial charge on any atom is -0.480 e. The summed E-state index contributed by atoms with van der Waals surface area (Å²) in [5.74, 6) is -0.835. The van der Waals surface area contributed by atoms with E-state index in [2.05, 4.69) is 5.32 Å². The second kappa shape index (κ2) is 3.81. The molecule has 0 aromatic rings. The molecular formula is C8H16NO3P. The predicted octanol–water partition coefficient (Wildman–Crippen LogP) is 0.814. The van der Waals surface area contributed by atoms with E-state index >= 15 is 0 Å². The third kappa shape index (κ3) is 2.82. The monoisotopic (exact) mass is 205 g/mol. The molecule has 1 fully saturated rings. The summed E-state index contributed by atoms with van der Waals surface area (Å²) in [5, 5.41) is 11.7. The molecule has 0 unspecified atom stereocenters. The molecule has 76 valence electrons. The van der Waals surface area contributed by atoms with Gasteiger partial charge >= 0.3 is 5.97 Å². The van der Waals surface area contributed by atoms with Crippen LogP contribution in [0.1, 0.15) is 12.8 Å². The first kappa shape index (κ1) is 10.7. The van der Waals surface area contributed by atoms with Gasteiger partial charge in [-0.05, 0) is 32.7 Å². The number of carboxylic acid groups (broad SMARTS) is 1. The smallest absolute Gasteiger partial charge is 0.320 e. The normalized spacial score (nSPS) is 30.0. The zero-order chi connectivity index (χ0) is 10.1. The van der Waals surface area contributed by atoms with Gasteiger partial charge in [0.15, 0.2) is 0 Å². The van der Waals surface area contributed by atoms with Crippen molar-refractivity contribution in [2.24, 2.45) is 0 Å². The largest absolute Gasteiger partial charge is 0.480 e. The predicted molar refractivity (Wildman–Crippen MR) is 51.9 cm³/mol. The summed E-state index contributed by atoms with van der Waals surface area (Å²) in [7, 11) is -2.12. The molecule has 1 heterocycles. The lowest BCUT2D eigenvalue weighted by Crippen LogP contribution is -2.45. The van der Waals surface area contributed by atoms with E-state index in [1.54, 1.807) is 13.3 Å². The Morgan fingerprint density at radius 1 is 1.54 bits per heavy atom. The summed E-state index contributed by atoms with van der Waals surface area (Å²) >= 11 is 0. The second-order valence-corrected chi connectivity index (χ2v) is 7.56. The highest BCUT2D eigenvalue weighted by atomic mass is 31.2. The SMILES string of the molecule is CP(C)(=O)[C@@H]1CCN[C@H](C(=O)O)C1. The summed E-state index contributed by atoms with van der Waals surface area (Å²) in [6, 6.07) is -0.507. The first-order valence-corrected chi connectivity index (χ1v) is 7.09. The minimum atomic E-state index is -2.12. The molecule has 1 aliphatic heterocycles. The third-order valence-electron chi connectivity index (χ3n) is 2.55. The van der Waals surface area contributed by atoms with Gasteiger partial charge < -0.3 is 15.0 Å². The van der Waals surface area contributed by atoms with Gasteiger partial charge in [-0.15, -0.1) is 0 Å². The second-order valence-electron chi connectivity index (χ2n) is 3.96. The van der Waals surface area contributed by atoms with Crippen LogP contribution in [-0.4, -0.2) is 42.7 Å². The Morgan fingerprint density at radius 2 is 2.15 bits per heavy atom. The van der Waals surface area contributed by atoms with Crippen LogP contribution >= 0.6 is 7.14 Å². The maximum atomic E-state index is 11.7. The highest BCUT2D eigenvalue weighted by Gasteiger charge is 2.32. The molecule has 0 saturated carbocycles. The van der Waals surface area contributed by atoms with Gasteiger partial charge in [-0.3, -0.25) is 4.79 Å². The molecule has 0 aromatic carbocycles. The molecule has 5 heteroatoms. The minimum absolute atomic E-state index is 0.0786. The van der Waals surface area contributed by atoms with Gasteiger partial charge in [-0.25, -0.2) is 0 Å². The van der Waals surface area contributed by atoms with Crippen LogP contribution in [0.15, 0.2) is 0 Å². The van der Waals surface area contributed by atoms with Crippen LogP contribution in [-0.2, 0) is 9.36 Å². The molecular weight excluding hydrogens is 189 g/mol. The Bertz CT molecular complexity index is 248. The summed E-state index contributed by atoms with van der Waals surface area (Å²) in [6.07, 6.45) is 1.33. The number of carbonyl (C=O) groups is 1. The molecule has 1 aliphatic rings. The molecule has 0 radical (unpaired) electrons. The quantitative estimate of drug-likeness (QED) is 0.655. The maximum absolute atomic E-state index is 11.7. The van der Waals surface area contributed by atoms with Crippen molar-refractivity contribution in [1.29, 1.82) is 0 Å². The number of carboxylic acids is 1. The van der Waals surface area contributed by atoms with Gasteiger partial charge in [0.1, 0.15) is 6.04 Å². The lowest BCUT2D eigenvalue weighted by Gasteiger charge is -2.30. The number of piperidine rings is 1. The average Bonchev–Trinajstić information content (AvgIpc) is 2.03. The summed E-state index contributed by atoms with van der Waals surface area (Å²) in [4.78, 5) is 10.7. The molecule has 0 aromatic heterocycles. The van der Waals surface area contributed by atoms with Crippen molar-refractivity contribution in [3.63, 3.8) is 0 Å². The molecule has 1 saturated heterocycles. The summed E-state index contributed by atoms with van der Waals surface area (Å²) in [5.41, 5.74) is 0.0786. The van der Waals surface area contributed by atoms with Gasteiger partial charge in [-0.1, -0.05) is 0 Å². The van der Waals surface area contributed by atoms with E-state index in [4.69, 9.17) is 5.11 Å². The van der Waals surface area contributed by atoms with Gasteiger partial charge in [0.25, 0.3) is 0 Å².